The van der Waals surface area contributed by atoms with Gasteiger partial charge >= 0.3 is 5.97 Å². The Morgan fingerprint density at radius 3 is 2.89 bits per heavy atom. The fraction of sp³-hybridized carbons (Fsp3) is 0.571. The second-order valence-electron chi connectivity index (χ2n) is 5.06. The molecule has 0 aromatic carbocycles. The van der Waals surface area contributed by atoms with Crippen molar-refractivity contribution >= 4 is 17.7 Å². The number of nitrogens with zero attached hydrogens (tertiary/aromatic N) is 1. The first-order valence-electron chi connectivity index (χ1n) is 6.61. The van der Waals surface area contributed by atoms with Crippen molar-refractivity contribution < 1.29 is 15.0 Å². The number of hydrogen-bond donors (Lipinski definition) is 2. The van der Waals surface area contributed by atoms with Crippen molar-refractivity contribution in [2.45, 2.75) is 37.6 Å². The van der Waals surface area contributed by atoms with Crippen LogP contribution >= 0.6 is 11.8 Å². The predicted octanol–water partition coefficient (Wildman–Crippen LogP) is 2.38. The van der Waals surface area contributed by atoms with Crippen LogP contribution in [0.5, 0.6) is 0 Å². The normalized spacial score (nSPS) is 15.9. The minimum absolute atomic E-state index is 0.111. The van der Waals surface area contributed by atoms with Crippen LogP contribution in [0, 0.1) is 5.92 Å². The van der Waals surface area contributed by atoms with Crippen molar-refractivity contribution in [3.8, 4) is 0 Å². The highest BCUT2D eigenvalue weighted by Gasteiger charge is 2.19. The number of aryl methyl sites for hydroxylation is 2. The van der Waals surface area contributed by atoms with Crippen LogP contribution in [0.25, 0.3) is 0 Å². The molecule has 0 saturated heterocycles. The Balaban J connectivity index is 2.26. The van der Waals surface area contributed by atoms with Gasteiger partial charge < -0.3 is 10.2 Å². The SMILES string of the molecule is CC(CO)CSc1nc2c(cc1C(=O)O)CCCC2. The maximum Gasteiger partial charge on any atom is 0.338 e. The lowest BCUT2D eigenvalue weighted by Gasteiger charge is -2.17. The third-order valence-electron chi connectivity index (χ3n) is 3.31. The van der Waals surface area contributed by atoms with Crippen LogP contribution in [0.2, 0.25) is 0 Å². The molecule has 0 bridgehead atoms. The van der Waals surface area contributed by atoms with E-state index in [0.717, 1.165) is 36.9 Å². The molecule has 0 radical (unpaired) electrons. The van der Waals surface area contributed by atoms with Crippen molar-refractivity contribution in [1.29, 1.82) is 0 Å². The van der Waals surface area contributed by atoms with Crippen molar-refractivity contribution in [1.82, 2.24) is 4.98 Å². The van der Waals surface area contributed by atoms with Gasteiger partial charge in [0.25, 0.3) is 0 Å². The Morgan fingerprint density at radius 1 is 1.47 bits per heavy atom. The van der Waals surface area contributed by atoms with Crippen molar-refractivity contribution in [2.24, 2.45) is 5.92 Å². The Labute approximate surface area is 117 Å². The number of rotatable bonds is 5. The van der Waals surface area contributed by atoms with E-state index in [2.05, 4.69) is 4.98 Å². The van der Waals surface area contributed by atoms with Gasteiger partial charge in [-0.2, -0.15) is 0 Å². The lowest BCUT2D eigenvalue weighted by atomic mass is 9.95. The molecule has 1 aromatic rings. The van der Waals surface area contributed by atoms with Crippen LogP contribution in [-0.4, -0.2) is 33.5 Å². The van der Waals surface area contributed by atoms with E-state index in [1.54, 1.807) is 6.07 Å². The fourth-order valence-corrected chi connectivity index (χ4v) is 3.18. The van der Waals surface area contributed by atoms with Crippen molar-refractivity contribution in [3.05, 3.63) is 22.9 Å². The maximum atomic E-state index is 11.3. The molecule has 1 aromatic heterocycles. The average molecular weight is 281 g/mol. The summed E-state index contributed by atoms with van der Waals surface area (Å²) in [6.45, 7) is 2.05. The van der Waals surface area contributed by atoms with E-state index < -0.39 is 5.97 Å². The summed E-state index contributed by atoms with van der Waals surface area (Å²) in [4.78, 5) is 15.9. The third kappa shape index (κ3) is 3.48. The van der Waals surface area contributed by atoms with E-state index in [1.807, 2.05) is 6.92 Å². The van der Waals surface area contributed by atoms with Gasteiger partial charge in [0.2, 0.25) is 0 Å². The zero-order chi connectivity index (χ0) is 13.8. The first-order chi connectivity index (χ1) is 9.11. The van der Waals surface area contributed by atoms with E-state index in [4.69, 9.17) is 5.11 Å². The van der Waals surface area contributed by atoms with Gasteiger partial charge in [-0.25, -0.2) is 9.78 Å². The third-order valence-corrected chi connectivity index (χ3v) is 4.63. The highest BCUT2D eigenvalue weighted by Crippen LogP contribution is 2.28. The lowest BCUT2D eigenvalue weighted by molar-refractivity contribution is 0.0692. The number of pyridine rings is 1. The van der Waals surface area contributed by atoms with Crippen LogP contribution in [0.15, 0.2) is 11.1 Å². The molecule has 1 aliphatic carbocycles. The molecule has 2 rings (SSSR count). The standard InChI is InChI=1S/C14H19NO3S/c1-9(7-16)8-19-13-11(14(17)18)6-10-4-2-3-5-12(10)15-13/h6,9,16H,2-5,7-8H2,1H3,(H,17,18). The van der Waals surface area contributed by atoms with E-state index in [0.29, 0.717) is 16.3 Å². The predicted molar refractivity (Wildman–Crippen MR) is 74.8 cm³/mol. The van der Waals surface area contributed by atoms with Gasteiger partial charge in [0.1, 0.15) is 5.03 Å². The van der Waals surface area contributed by atoms with E-state index in [-0.39, 0.29) is 12.5 Å². The van der Waals surface area contributed by atoms with Gasteiger partial charge in [0.05, 0.1) is 5.56 Å². The summed E-state index contributed by atoms with van der Waals surface area (Å²) in [6.07, 6.45) is 4.12. The van der Waals surface area contributed by atoms with Gasteiger partial charge in [-0.15, -0.1) is 11.8 Å². The van der Waals surface area contributed by atoms with E-state index >= 15 is 0 Å². The number of carboxylic acids is 1. The van der Waals surface area contributed by atoms with E-state index in [9.17, 15) is 9.90 Å². The Morgan fingerprint density at radius 2 is 2.21 bits per heavy atom. The summed E-state index contributed by atoms with van der Waals surface area (Å²) in [5.41, 5.74) is 2.44. The highest BCUT2D eigenvalue weighted by atomic mass is 32.2. The largest absolute Gasteiger partial charge is 0.478 e. The number of aromatic nitrogens is 1. The average Bonchev–Trinajstić information content (AvgIpc) is 2.43. The fourth-order valence-electron chi connectivity index (χ4n) is 2.15. The molecule has 0 aliphatic heterocycles. The number of thioether (sulfide) groups is 1. The molecule has 1 aliphatic rings. The molecule has 2 N–H and O–H groups in total. The Bertz CT molecular complexity index is 476. The van der Waals surface area contributed by atoms with Crippen LogP contribution in [0.1, 0.15) is 41.4 Å². The molecule has 104 valence electrons. The molecule has 1 heterocycles. The molecule has 0 amide bonds. The summed E-state index contributed by atoms with van der Waals surface area (Å²) < 4.78 is 0. The lowest BCUT2D eigenvalue weighted by Crippen LogP contribution is -2.12. The van der Waals surface area contributed by atoms with Gasteiger partial charge in [-0.3, -0.25) is 0 Å². The van der Waals surface area contributed by atoms with Crippen LogP contribution in [0.4, 0.5) is 0 Å². The zero-order valence-corrected chi connectivity index (χ0v) is 11.9. The smallest absolute Gasteiger partial charge is 0.338 e. The molecular formula is C14H19NO3S. The highest BCUT2D eigenvalue weighted by molar-refractivity contribution is 7.99. The summed E-state index contributed by atoms with van der Waals surface area (Å²) in [7, 11) is 0. The Hall–Kier alpha value is -1.07. The molecular weight excluding hydrogens is 262 g/mol. The van der Waals surface area contributed by atoms with Crippen LogP contribution in [-0.2, 0) is 12.8 Å². The second-order valence-corrected chi connectivity index (χ2v) is 6.07. The summed E-state index contributed by atoms with van der Waals surface area (Å²) in [5.74, 6) is -0.0905. The first kappa shape index (κ1) is 14.3. The minimum Gasteiger partial charge on any atom is -0.478 e. The van der Waals surface area contributed by atoms with Crippen LogP contribution in [0.3, 0.4) is 0 Å². The number of carbonyl (C=O) groups is 1. The number of hydrogen-bond acceptors (Lipinski definition) is 4. The number of carboxylic acid groups (broad SMARTS) is 1. The van der Waals surface area contributed by atoms with Gasteiger partial charge in [0, 0.05) is 18.1 Å². The second kappa shape index (κ2) is 6.39. The van der Waals surface area contributed by atoms with Gasteiger partial charge in [-0.05, 0) is 43.2 Å². The molecule has 0 saturated carbocycles. The maximum absolute atomic E-state index is 11.3. The summed E-state index contributed by atoms with van der Waals surface area (Å²) in [5, 5.41) is 18.9. The topological polar surface area (TPSA) is 70.4 Å². The van der Waals surface area contributed by atoms with E-state index in [1.165, 1.54) is 11.8 Å². The van der Waals surface area contributed by atoms with Gasteiger partial charge in [0.15, 0.2) is 0 Å². The molecule has 1 unspecified atom stereocenters. The number of aliphatic hydroxyl groups excluding tert-OH is 1. The molecule has 19 heavy (non-hydrogen) atoms. The molecule has 1 atom stereocenters. The zero-order valence-electron chi connectivity index (χ0n) is 11.1. The molecule has 5 heteroatoms. The molecule has 4 nitrogen and oxygen atoms in total. The molecule has 0 spiro atoms. The van der Waals surface area contributed by atoms with Crippen LogP contribution < -0.4 is 0 Å². The summed E-state index contributed by atoms with van der Waals surface area (Å²) in [6, 6.07) is 1.79. The quantitative estimate of drug-likeness (QED) is 0.811. The minimum atomic E-state index is -0.917. The van der Waals surface area contributed by atoms with Crippen molar-refractivity contribution in [2.75, 3.05) is 12.4 Å². The first-order valence-corrected chi connectivity index (χ1v) is 7.60. The molecule has 0 fully saturated rings. The van der Waals surface area contributed by atoms with Gasteiger partial charge in [-0.1, -0.05) is 6.92 Å². The number of aromatic carboxylic acids is 1. The van der Waals surface area contributed by atoms with Crippen molar-refractivity contribution in [3.63, 3.8) is 0 Å². The summed E-state index contributed by atoms with van der Waals surface area (Å²) >= 11 is 1.43. The number of aliphatic hydroxyl groups is 1. The Kier molecular flexibility index (Phi) is 4.82. The monoisotopic (exact) mass is 281 g/mol. The number of fused-ring (bicyclic) bond motifs is 1.